The van der Waals surface area contributed by atoms with E-state index in [-0.39, 0.29) is 56.8 Å². The Morgan fingerprint density at radius 2 is 1.07 bits per heavy atom. The maximum absolute atomic E-state index is 14.2. The molecule has 1 saturated carbocycles. The van der Waals surface area contributed by atoms with Crippen molar-refractivity contribution in [3.05, 3.63) is 12.2 Å². The molecule has 0 spiro atoms. The zero-order chi connectivity index (χ0) is 65.4. The fourth-order valence-corrected chi connectivity index (χ4v) is 23.0. The second kappa shape index (κ2) is 30.4. The van der Waals surface area contributed by atoms with E-state index in [2.05, 4.69) is 87.7 Å². The highest BCUT2D eigenvalue weighted by Crippen LogP contribution is 2.64. The van der Waals surface area contributed by atoms with Gasteiger partial charge < -0.3 is 70.9 Å². The first-order valence-corrected chi connectivity index (χ1v) is 39.7. The van der Waals surface area contributed by atoms with E-state index in [0.29, 0.717) is 55.4 Å². The first kappa shape index (κ1) is 74.8. The smallest absolute Gasteiger partial charge is 0.331 e. The Morgan fingerprint density at radius 3 is 1.47 bits per heavy atom. The number of hydrogen-bond acceptors (Lipinski definition) is 20. The zero-order valence-corrected chi connectivity index (χ0v) is 60.4. The van der Waals surface area contributed by atoms with Crippen LogP contribution in [0.5, 0.6) is 0 Å². The molecule has 0 radical (unpaired) electrons. The molecule has 28 heteroatoms. The van der Waals surface area contributed by atoms with Crippen molar-refractivity contribution in [3.8, 4) is 6.07 Å². The van der Waals surface area contributed by atoms with Gasteiger partial charge in [0.2, 0.25) is 0 Å². The van der Waals surface area contributed by atoms with E-state index in [0.717, 1.165) is 12.3 Å². The molecule has 15 unspecified atom stereocenters. The maximum Gasteiger partial charge on any atom is 0.331 e. The highest BCUT2D eigenvalue weighted by Gasteiger charge is 2.70. The van der Waals surface area contributed by atoms with E-state index in [1.54, 1.807) is 13.8 Å². The van der Waals surface area contributed by atoms with Gasteiger partial charge in [0.1, 0.15) is 71.2 Å². The van der Waals surface area contributed by atoms with Gasteiger partial charge in [-0.25, -0.2) is 4.67 Å². The first-order valence-electron chi connectivity index (χ1n) is 32.8. The van der Waals surface area contributed by atoms with Crippen molar-refractivity contribution >= 4 is 40.8 Å². The Hall–Kier alpha value is 0.0200. The molecule has 8 aliphatic heterocycles. The summed E-state index contributed by atoms with van der Waals surface area (Å²) in [5.74, 6) is 2.87. The second-order valence-electron chi connectivity index (χ2n) is 28.4. The van der Waals surface area contributed by atoms with Crippen LogP contribution < -0.4 is 0 Å². The molecular weight excluding hydrogens is 1250 g/mol. The van der Waals surface area contributed by atoms with Crippen molar-refractivity contribution in [1.82, 2.24) is 4.67 Å². The Labute approximate surface area is 534 Å². The molecule has 8 bridgehead atoms. The molecule has 10 rings (SSSR count). The lowest BCUT2D eigenvalue weighted by molar-refractivity contribution is -0.145. The molecule has 8 saturated heterocycles. The number of allylic oxidation sites excluding steroid dienone is 1. The van der Waals surface area contributed by atoms with Crippen LogP contribution in [0, 0.1) is 40.9 Å². The summed E-state index contributed by atoms with van der Waals surface area (Å²) in [7, 11) is -12.5. The molecule has 27 atom stereocenters. The zero-order valence-electron chi connectivity index (χ0n) is 55.6. The third-order valence-electron chi connectivity index (χ3n) is 19.3. The molecule has 8 heterocycles. The molecular formula is C61H109N2O21P5. The highest BCUT2D eigenvalue weighted by atomic mass is 31.2. The van der Waals surface area contributed by atoms with Crippen molar-refractivity contribution < 1.29 is 98.1 Å². The SMILES string of the molecule is CC(C)C[C@@]12COC([C@H](C)O1)[C@H]2OP(=O)(O)C[C@@]12COC([C@H](C)O1)[C@H]2OP(=O)(O)C[C@@]12COC([C@H](C)O1)[C@H]2OP(=O)(O)C[C@@]12COC([C@H](C)O1)[C@H]2OC(C)C.CCC1C=CC(C)CC1OP.CCC1CCC(C)CC1OP(OCCC#N)N(C(C)C)C(C)C. The van der Waals surface area contributed by atoms with E-state index in [1.807, 2.05) is 41.5 Å². The summed E-state index contributed by atoms with van der Waals surface area (Å²) in [6.45, 7) is 32.9. The third-order valence-corrected chi connectivity index (χ3v) is 26.3. The topological polar surface area (TPSA) is 277 Å². The number of nitriles is 1. The van der Waals surface area contributed by atoms with Gasteiger partial charge in [-0.3, -0.25) is 27.3 Å². The summed E-state index contributed by atoms with van der Waals surface area (Å²) in [5, 5.41) is 8.80. The number of rotatable bonds is 27. The quantitative estimate of drug-likeness (QED) is 0.0391. The molecule has 89 heavy (non-hydrogen) atoms. The normalized spacial score (nSPS) is 43.3. The predicted octanol–water partition coefficient (Wildman–Crippen LogP) is 11.0. The van der Waals surface area contributed by atoms with Gasteiger partial charge in [-0.05, 0) is 125 Å². The number of hydrogen-bond donors (Lipinski definition) is 3. The van der Waals surface area contributed by atoms with Gasteiger partial charge in [0.05, 0.1) is 107 Å². The molecule has 2 aliphatic carbocycles. The van der Waals surface area contributed by atoms with Gasteiger partial charge in [0.15, 0.2) is 0 Å². The number of fused-ring (bicyclic) bond motifs is 8. The Balaban J connectivity index is 0.000000247. The summed E-state index contributed by atoms with van der Waals surface area (Å²) in [5.41, 5.74) is -5.38. The van der Waals surface area contributed by atoms with E-state index in [1.165, 1.54) is 32.1 Å². The maximum atomic E-state index is 14.2. The Bertz CT molecular complexity index is 2550. The van der Waals surface area contributed by atoms with Crippen LogP contribution >= 0.6 is 40.8 Å². The Morgan fingerprint density at radius 1 is 0.629 bits per heavy atom. The molecule has 23 nitrogen and oxygen atoms in total. The van der Waals surface area contributed by atoms with E-state index >= 15 is 0 Å². The summed E-state index contributed by atoms with van der Waals surface area (Å²) in [4.78, 5) is 34.4. The fraction of sp³-hybridized carbons (Fsp3) is 0.951. The van der Waals surface area contributed by atoms with Crippen molar-refractivity contribution in [2.45, 2.75) is 288 Å². The van der Waals surface area contributed by atoms with Crippen molar-refractivity contribution in [2.75, 3.05) is 51.5 Å². The van der Waals surface area contributed by atoms with Crippen LogP contribution in [-0.2, 0) is 83.5 Å². The average molecular weight is 1360 g/mol. The minimum absolute atomic E-state index is 0.0367. The molecule has 0 amide bonds. The number of ether oxygens (including phenoxy) is 9. The lowest BCUT2D eigenvalue weighted by atomic mass is 9.79. The summed E-state index contributed by atoms with van der Waals surface area (Å²) >= 11 is 0. The molecule has 9 fully saturated rings. The van der Waals surface area contributed by atoms with Gasteiger partial charge in [0, 0.05) is 27.5 Å². The van der Waals surface area contributed by atoms with E-state index in [9.17, 15) is 28.4 Å². The molecule has 0 aromatic heterocycles. The van der Waals surface area contributed by atoms with Gasteiger partial charge in [0.25, 0.3) is 8.53 Å². The van der Waals surface area contributed by atoms with E-state index in [4.69, 9.17) is 75.0 Å². The average Bonchev–Trinajstić information content (AvgIpc) is 1.59. The predicted molar refractivity (Wildman–Crippen MR) is 338 cm³/mol. The second-order valence-corrected chi connectivity index (χ2v) is 35.5. The van der Waals surface area contributed by atoms with Crippen LogP contribution in [0.1, 0.15) is 162 Å². The molecule has 514 valence electrons. The highest BCUT2D eigenvalue weighted by molar-refractivity contribution is 7.53. The molecule has 0 aromatic carbocycles. The van der Waals surface area contributed by atoms with Gasteiger partial charge in [-0.1, -0.05) is 66.5 Å². The number of nitrogens with zero attached hydrogens (tertiary/aromatic N) is 2. The molecule has 3 N–H and O–H groups in total. The fourth-order valence-electron chi connectivity index (χ4n) is 15.6. The molecule has 0 aromatic rings. The Kier molecular flexibility index (Phi) is 25.6. The van der Waals surface area contributed by atoms with Gasteiger partial charge >= 0.3 is 22.8 Å². The monoisotopic (exact) mass is 1360 g/mol. The van der Waals surface area contributed by atoms with Crippen molar-refractivity contribution in [1.29, 1.82) is 5.26 Å². The van der Waals surface area contributed by atoms with Gasteiger partial charge in [-0.15, -0.1) is 0 Å². The van der Waals surface area contributed by atoms with Crippen LogP contribution in [0.4, 0.5) is 0 Å². The minimum atomic E-state index is -4.73. The van der Waals surface area contributed by atoms with Gasteiger partial charge in [-0.2, -0.15) is 5.26 Å². The summed E-state index contributed by atoms with van der Waals surface area (Å²) in [6.07, 6.45) is 3.05. The van der Waals surface area contributed by atoms with Crippen LogP contribution in [0.25, 0.3) is 0 Å². The largest absolute Gasteiger partial charge is 0.370 e. The van der Waals surface area contributed by atoms with Crippen LogP contribution in [0.15, 0.2) is 12.2 Å². The van der Waals surface area contributed by atoms with Crippen molar-refractivity contribution in [3.63, 3.8) is 0 Å². The van der Waals surface area contributed by atoms with Crippen LogP contribution in [0.2, 0.25) is 0 Å². The summed E-state index contributed by atoms with van der Waals surface area (Å²) in [6, 6.07) is 2.89. The standard InChI is InChI=1S/C34H57O18P3.C18H35N2O2P.C9H17OP/c1-17(2)9-31-10-41-24(20(6)46-31)28(31)50-54(37,38)15-33-12-43-26(22(8)48-33)30(33)52-55(39,40)16-34-13-44-25(21(7)49-34)29(34)51-53(35,36)14-32-11-42-23(19(5)47-32)27(32)45-18(3)4;1-7-17-10-9-16(6)13-18(17)22-23(21-12-8-11-19)20(14(2)3)15(4)5;1-3-8-5-4-7(2)6-9(8)10-11/h17-30H,9-16H2,1-8H3,(H,35,36)(H,37,38)(H,39,40);14-18H,7-10,12-13H2,1-6H3;4-5,7-9H,3,6,11H2,1-2H3/t19-,20-,21-,22-,23?,24?,25?,26?,27+,28+,29+,30+,31-,32+,33+,34+;;/m0../s1. The van der Waals surface area contributed by atoms with Crippen molar-refractivity contribution in [2.24, 2.45) is 29.6 Å². The van der Waals surface area contributed by atoms with E-state index < -0.39 is 133 Å². The van der Waals surface area contributed by atoms with Crippen LogP contribution in [-0.4, -0.2) is 197 Å². The minimum Gasteiger partial charge on any atom is -0.370 e. The lowest BCUT2D eigenvalue weighted by Gasteiger charge is -2.41. The third kappa shape index (κ3) is 17.1. The summed E-state index contributed by atoms with van der Waals surface area (Å²) < 4.78 is 135. The first-order chi connectivity index (χ1) is 41.7. The lowest BCUT2D eigenvalue weighted by Crippen LogP contribution is -2.49. The molecule has 10 aliphatic rings. The van der Waals surface area contributed by atoms with Crippen LogP contribution in [0.3, 0.4) is 0 Å².